The molecule has 0 aliphatic carbocycles. The minimum Gasteiger partial charge on any atom is -0.330 e. The van der Waals surface area contributed by atoms with Crippen LogP contribution in [0.2, 0.25) is 0 Å². The van der Waals surface area contributed by atoms with E-state index in [4.69, 9.17) is 5.73 Å². The molecular weight excluding hydrogens is 208 g/mol. The van der Waals surface area contributed by atoms with Gasteiger partial charge in [-0.3, -0.25) is 0 Å². The van der Waals surface area contributed by atoms with Crippen LogP contribution in [0.25, 0.3) is 0 Å². The van der Waals surface area contributed by atoms with E-state index in [0.29, 0.717) is 0 Å². The van der Waals surface area contributed by atoms with E-state index in [-0.39, 0.29) is 5.41 Å². The quantitative estimate of drug-likeness (QED) is 0.865. The third-order valence-corrected chi connectivity index (χ3v) is 4.31. The van der Waals surface area contributed by atoms with Crippen LogP contribution in [0, 0.1) is 0 Å². The minimum absolute atomic E-state index is 0.221. The van der Waals surface area contributed by atoms with Crippen LogP contribution in [-0.2, 0) is 11.8 Å². The monoisotopic (exact) mass is 232 g/mol. The second-order valence-corrected chi connectivity index (χ2v) is 5.34. The lowest BCUT2D eigenvalue weighted by molar-refractivity contribution is 0.191. The predicted molar refractivity (Wildman–Crippen MR) is 73.3 cm³/mol. The first-order valence-electron chi connectivity index (χ1n) is 6.68. The highest BCUT2D eigenvalue weighted by molar-refractivity contribution is 5.30. The van der Waals surface area contributed by atoms with Gasteiger partial charge < -0.3 is 10.6 Å². The SMILES string of the molecule is CCc1ccc(C2(CN)CCN(C)CC2)cc1. The Balaban J connectivity index is 2.21. The van der Waals surface area contributed by atoms with E-state index in [2.05, 4.69) is 43.1 Å². The van der Waals surface area contributed by atoms with Crippen LogP contribution >= 0.6 is 0 Å². The largest absolute Gasteiger partial charge is 0.330 e. The third-order valence-electron chi connectivity index (χ3n) is 4.31. The smallest absolute Gasteiger partial charge is 0.00998 e. The van der Waals surface area contributed by atoms with Crippen molar-refractivity contribution in [1.29, 1.82) is 0 Å². The summed E-state index contributed by atoms with van der Waals surface area (Å²) in [6.45, 7) is 5.29. The molecule has 0 atom stereocenters. The summed E-state index contributed by atoms with van der Waals surface area (Å²) in [6, 6.07) is 9.09. The Bertz CT molecular complexity index is 348. The molecule has 0 unspecified atom stereocenters. The first-order chi connectivity index (χ1) is 8.20. The average molecular weight is 232 g/mol. The summed E-state index contributed by atoms with van der Waals surface area (Å²) in [7, 11) is 2.20. The Kier molecular flexibility index (Phi) is 3.85. The molecule has 1 aliphatic heterocycles. The fraction of sp³-hybridized carbons (Fsp3) is 0.600. The lowest BCUT2D eigenvalue weighted by atomic mass is 9.73. The van der Waals surface area contributed by atoms with Crippen LogP contribution in [0.5, 0.6) is 0 Å². The van der Waals surface area contributed by atoms with Crippen LogP contribution in [0.1, 0.15) is 30.9 Å². The average Bonchev–Trinajstić information content (AvgIpc) is 2.40. The predicted octanol–water partition coefficient (Wildman–Crippen LogP) is 2.17. The maximum Gasteiger partial charge on any atom is 0.00998 e. The van der Waals surface area contributed by atoms with E-state index in [1.165, 1.54) is 24.0 Å². The number of benzene rings is 1. The maximum atomic E-state index is 6.07. The second-order valence-electron chi connectivity index (χ2n) is 5.34. The van der Waals surface area contributed by atoms with E-state index < -0.39 is 0 Å². The van der Waals surface area contributed by atoms with E-state index in [0.717, 1.165) is 26.1 Å². The lowest BCUT2D eigenvalue weighted by Gasteiger charge is -2.40. The number of nitrogens with zero attached hydrogens (tertiary/aromatic N) is 1. The lowest BCUT2D eigenvalue weighted by Crippen LogP contribution is -2.45. The molecule has 94 valence electrons. The molecule has 0 bridgehead atoms. The van der Waals surface area contributed by atoms with Gasteiger partial charge in [0, 0.05) is 12.0 Å². The van der Waals surface area contributed by atoms with Gasteiger partial charge in [0.05, 0.1) is 0 Å². The van der Waals surface area contributed by atoms with E-state index in [1.807, 2.05) is 0 Å². The van der Waals surface area contributed by atoms with Gasteiger partial charge in [0.25, 0.3) is 0 Å². The number of piperidine rings is 1. The maximum absolute atomic E-state index is 6.07. The van der Waals surface area contributed by atoms with Crippen molar-refractivity contribution in [1.82, 2.24) is 4.90 Å². The van der Waals surface area contributed by atoms with Crippen LogP contribution in [0.15, 0.2) is 24.3 Å². The topological polar surface area (TPSA) is 29.3 Å². The summed E-state index contributed by atoms with van der Waals surface area (Å²) in [4.78, 5) is 2.40. The van der Waals surface area contributed by atoms with Crippen molar-refractivity contribution in [3.05, 3.63) is 35.4 Å². The number of rotatable bonds is 3. The molecule has 1 aromatic carbocycles. The summed E-state index contributed by atoms with van der Waals surface area (Å²) >= 11 is 0. The summed E-state index contributed by atoms with van der Waals surface area (Å²) in [5.74, 6) is 0. The van der Waals surface area contributed by atoms with Crippen LogP contribution < -0.4 is 5.73 Å². The van der Waals surface area contributed by atoms with Crippen LogP contribution in [0.4, 0.5) is 0 Å². The molecule has 0 aromatic heterocycles. The van der Waals surface area contributed by atoms with Gasteiger partial charge in [0.15, 0.2) is 0 Å². The Morgan fingerprint density at radius 2 is 1.76 bits per heavy atom. The van der Waals surface area contributed by atoms with E-state index in [1.54, 1.807) is 0 Å². The molecule has 0 radical (unpaired) electrons. The standard InChI is InChI=1S/C15H24N2/c1-3-13-4-6-14(7-5-13)15(12-16)8-10-17(2)11-9-15/h4-7H,3,8-12,16H2,1-2H3. The third kappa shape index (κ3) is 2.53. The summed E-state index contributed by atoms with van der Waals surface area (Å²) in [5.41, 5.74) is 9.14. The zero-order chi connectivity index (χ0) is 12.3. The van der Waals surface area contributed by atoms with Gasteiger partial charge in [-0.1, -0.05) is 31.2 Å². The van der Waals surface area contributed by atoms with Crippen molar-refractivity contribution < 1.29 is 0 Å². The van der Waals surface area contributed by atoms with Crippen molar-refractivity contribution >= 4 is 0 Å². The van der Waals surface area contributed by atoms with Gasteiger partial charge in [-0.15, -0.1) is 0 Å². The molecule has 2 N–H and O–H groups in total. The number of aryl methyl sites for hydroxylation is 1. The Morgan fingerprint density at radius 3 is 2.24 bits per heavy atom. The molecule has 1 aliphatic rings. The molecule has 0 spiro atoms. The molecule has 0 saturated carbocycles. The van der Waals surface area contributed by atoms with Crippen molar-refractivity contribution in [2.75, 3.05) is 26.7 Å². The molecule has 2 rings (SSSR count). The molecule has 2 nitrogen and oxygen atoms in total. The van der Waals surface area contributed by atoms with Crippen molar-refractivity contribution in [2.24, 2.45) is 5.73 Å². The highest BCUT2D eigenvalue weighted by Gasteiger charge is 2.33. The number of likely N-dealkylation sites (tertiary alicyclic amines) is 1. The Labute approximate surface area is 105 Å². The van der Waals surface area contributed by atoms with Crippen molar-refractivity contribution in [2.45, 2.75) is 31.6 Å². The molecule has 1 fully saturated rings. The van der Waals surface area contributed by atoms with E-state index >= 15 is 0 Å². The first-order valence-corrected chi connectivity index (χ1v) is 6.68. The summed E-state index contributed by atoms with van der Waals surface area (Å²) < 4.78 is 0. The number of nitrogens with two attached hydrogens (primary N) is 1. The van der Waals surface area contributed by atoms with Gasteiger partial charge in [0.2, 0.25) is 0 Å². The molecule has 1 saturated heterocycles. The second kappa shape index (κ2) is 5.19. The fourth-order valence-corrected chi connectivity index (χ4v) is 2.75. The van der Waals surface area contributed by atoms with Crippen molar-refractivity contribution in [3.8, 4) is 0 Å². The highest BCUT2D eigenvalue weighted by Crippen LogP contribution is 2.34. The molecule has 0 amide bonds. The van der Waals surface area contributed by atoms with Gasteiger partial charge in [-0.05, 0) is 50.5 Å². The van der Waals surface area contributed by atoms with Gasteiger partial charge in [0.1, 0.15) is 0 Å². The molecule has 17 heavy (non-hydrogen) atoms. The highest BCUT2D eigenvalue weighted by atomic mass is 15.1. The number of hydrogen-bond acceptors (Lipinski definition) is 2. The summed E-state index contributed by atoms with van der Waals surface area (Å²) in [5, 5.41) is 0. The fourth-order valence-electron chi connectivity index (χ4n) is 2.75. The summed E-state index contributed by atoms with van der Waals surface area (Å²) in [6.07, 6.45) is 3.48. The zero-order valence-corrected chi connectivity index (χ0v) is 11.1. The first kappa shape index (κ1) is 12.6. The van der Waals surface area contributed by atoms with Crippen LogP contribution in [-0.4, -0.2) is 31.6 Å². The number of hydrogen-bond donors (Lipinski definition) is 1. The Morgan fingerprint density at radius 1 is 1.18 bits per heavy atom. The molecule has 1 heterocycles. The van der Waals surface area contributed by atoms with E-state index in [9.17, 15) is 0 Å². The zero-order valence-electron chi connectivity index (χ0n) is 11.1. The molecule has 1 aromatic rings. The van der Waals surface area contributed by atoms with Gasteiger partial charge in [-0.2, -0.15) is 0 Å². The molecular formula is C15H24N2. The van der Waals surface area contributed by atoms with Gasteiger partial charge >= 0.3 is 0 Å². The minimum atomic E-state index is 0.221. The van der Waals surface area contributed by atoms with Crippen molar-refractivity contribution in [3.63, 3.8) is 0 Å². The van der Waals surface area contributed by atoms with Crippen LogP contribution in [0.3, 0.4) is 0 Å². The Hall–Kier alpha value is -0.860. The normalized spacial score (nSPS) is 20.4. The van der Waals surface area contributed by atoms with Gasteiger partial charge in [-0.25, -0.2) is 0 Å². The molecule has 2 heteroatoms.